The highest BCUT2D eigenvalue weighted by Crippen LogP contribution is 2.32. The molecule has 6 nitrogen and oxygen atoms in total. The number of aromatic amines is 1. The van der Waals surface area contributed by atoms with Crippen molar-refractivity contribution in [3.8, 4) is 11.1 Å². The molecule has 0 saturated heterocycles. The first-order valence-electron chi connectivity index (χ1n) is 9.97. The molecule has 0 aliphatic heterocycles. The fraction of sp³-hybridized carbons (Fsp3) is 0.130. The average Bonchev–Trinajstić information content (AvgIpc) is 3.19. The first kappa shape index (κ1) is 22.9. The van der Waals surface area contributed by atoms with Crippen LogP contribution < -0.4 is 4.72 Å². The molecule has 0 radical (unpaired) electrons. The topological polar surface area (TPSA) is 91.9 Å². The molecule has 0 aliphatic rings. The number of pyridine rings is 1. The third-order valence-corrected chi connectivity index (χ3v) is 6.82. The summed E-state index contributed by atoms with van der Waals surface area (Å²) < 4.78 is 55.8. The van der Waals surface area contributed by atoms with Crippen LogP contribution in [0.5, 0.6) is 0 Å². The number of nitrogens with one attached hydrogen (secondary N) is 2. The van der Waals surface area contributed by atoms with E-state index >= 15 is 4.39 Å². The van der Waals surface area contributed by atoms with Crippen molar-refractivity contribution in [3.63, 3.8) is 0 Å². The Labute approximate surface area is 193 Å². The molecule has 33 heavy (non-hydrogen) atoms. The molecule has 2 aromatic carbocycles. The van der Waals surface area contributed by atoms with Gasteiger partial charge in [0.25, 0.3) is 0 Å². The molecule has 2 N–H and O–H groups in total. The number of rotatable bonds is 7. The number of benzene rings is 2. The molecule has 0 unspecified atom stereocenters. The molecule has 0 bridgehead atoms. The number of sulfonamides is 1. The van der Waals surface area contributed by atoms with Gasteiger partial charge in [0.2, 0.25) is 15.8 Å². The fourth-order valence-electron chi connectivity index (χ4n) is 3.50. The summed E-state index contributed by atoms with van der Waals surface area (Å²) in [5.41, 5.74) is 0.257. The van der Waals surface area contributed by atoms with Crippen LogP contribution in [-0.2, 0) is 10.0 Å². The molecule has 170 valence electrons. The van der Waals surface area contributed by atoms with Gasteiger partial charge in [0.05, 0.1) is 17.0 Å². The van der Waals surface area contributed by atoms with E-state index in [1.165, 1.54) is 6.20 Å². The molecule has 2 heterocycles. The van der Waals surface area contributed by atoms with Crippen LogP contribution in [0.2, 0.25) is 5.02 Å². The zero-order chi connectivity index (χ0) is 23.8. The average molecular weight is 490 g/mol. The summed E-state index contributed by atoms with van der Waals surface area (Å²) in [7, 11) is -3.84. The summed E-state index contributed by atoms with van der Waals surface area (Å²) in [6.07, 6.45) is 3.18. The van der Waals surface area contributed by atoms with Gasteiger partial charge >= 0.3 is 0 Å². The number of carbonyl (C=O) groups excluding carboxylic acids is 1. The number of hydrogen-bond donors (Lipinski definition) is 2. The first-order valence-corrected chi connectivity index (χ1v) is 12.0. The summed E-state index contributed by atoms with van der Waals surface area (Å²) in [5, 5.41) is 0.819. The van der Waals surface area contributed by atoms with Crippen LogP contribution in [-0.4, -0.2) is 29.9 Å². The number of carbonyl (C=O) groups is 1. The summed E-state index contributed by atoms with van der Waals surface area (Å²) in [6.45, 7) is 1.65. The largest absolute Gasteiger partial charge is 0.345 e. The van der Waals surface area contributed by atoms with Crippen molar-refractivity contribution in [2.75, 3.05) is 10.5 Å². The molecule has 4 rings (SSSR count). The van der Waals surface area contributed by atoms with Gasteiger partial charge in [-0.05, 0) is 30.7 Å². The van der Waals surface area contributed by atoms with Gasteiger partial charge in [0, 0.05) is 39.5 Å². The van der Waals surface area contributed by atoms with Crippen LogP contribution in [0.25, 0.3) is 22.2 Å². The normalized spacial score (nSPS) is 11.6. The number of hydrogen-bond acceptors (Lipinski definition) is 4. The number of nitrogens with zero attached hydrogens (tertiary/aromatic N) is 1. The summed E-state index contributed by atoms with van der Waals surface area (Å²) in [5.74, 6) is -3.60. The minimum absolute atomic E-state index is 0.0160. The number of halogens is 3. The van der Waals surface area contributed by atoms with Gasteiger partial charge in [0.1, 0.15) is 11.5 Å². The molecular formula is C23H18ClF2N3O3S. The molecule has 10 heteroatoms. The number of H-pyrrole nitrogens is 1. The third-order valence-electron chi connectivity index (χ3n) is 5.02. The highest BCUT2D eigenvalue weighted by molar-refractivity contribution is 7.92. The van der Waals surface area contributed by atoms with Gasteiger partial charge in [-0.25, -0.2) is 22.2 Å². The second kappa shape index (κ2) is 8.92. The predicted octanol–water partition coefficient (Wildman–Crippen LogP) is 5.54. The lowest BCUT2D eigenvalue weighted by atomic mass is 10.00. The van der Waals surface area contributed by atoms with E-state index in [1.54, 1.807) is 43.5 Å². The quantitative estimate of drug-likeness (QED) is 0.333. The predicted molar refractivity (Wildman–Crippen MR) is 124 cm³/mol. The van der Waals surface area contributed by atoms with Crippen molar-refractivity contribution in [1.82, 2.24) is 9.97 Å². The van der Waals surface area contributed by atoms with E-state index in [1.807, 2.05) is 0 Å². The van der Waals surface area contributed by atoms with E-state index in [-0.39, 0.29) is 11.3 Å². The third kappa shape index (κ3) is 4.46. The molecule has 2 aromatic heterocycles. The molecule has 0 amide bonds. The Kier molecular flexibility index (Phi) is 6.18. The molecule has 0 spiro atoms. The monoisotopic (exact) mass is 489 g/mol. The SMILES string of the molecule is CCCS(=O)(=O)Nc1ccc(F)c(C(=O)c2c[nH]c3ncc(-c4ccccc4Cl)cc23)c1F. The number of anilines is 1. The maximum absolute atomic E-state index is 15.1. The fourth-order valence-corrected chi connectivity index (χ4v) is 4.87. The van der Waals surface area contributed by atoms with Gasteiger partial charge in [-0.1, -0.05) is 36.7 Å². The Morgan fingerprint density at radius 2 is 1.94 bits per heavy atom. The Morgan fingerprint density at radius 1 is 1.18 bits per heavy atom. The Balaban J connectivity index is 1.80. The summed E-state index contributed by atoms with van der Waals surface area (Å²) in [4.78, 5) is 20.3. The maximum atomic E-state index is 15.1. The van der Waals surface area contributed by atoms with E-state index in [4.69, 9.17) is 11.6 Å². The lowest BCUT2D eigenvalue weighted by molar-refractivity contribution is 0.103. The molecule has 0 aliphatic carbocycles. The van der Waals surface area contributed by atoms with Gasteiger partial charge in [-0.15, -0.1) is 0 Å². The standard InChI is InChI=1S/C23H18ClF2N3O3S/c1-2-9-33(31,32)29-19-8-7-18(25)20(21(19)26)22(30)16-12-28-23-15(16)10-13(11-27-23)14-5-3-4-6-17(14)24/h3-8,10-12,29H,2,9H2,1H3,(H,27,28). The van der Waals surface area contributed by atoms with E-state index in [9.17, 15) is 17.6 Å². The van der Waals surface area contributed by atoms with Crippen molar-refractivity contribution in [2.24, 2.45) is 0 Å². The van der Waals surface area contributed by atoms with E-state index in [2.05, 4.69) is 14.7 Å². The van der Waals surface area contributed by atoms with Gasteiger partial charge in [-0.2, -0.15) is 0 Å². The molecule has 0 saturated carbocycles. The van der Waals surface area contributed by atoms with Crippen molar-refractivity contribution >= 4 is 44.1 Å². The van der Waals surface area contributed by atoms with Crippen molar-refractivity contribution in [2.45, 2.75) is 13.3 Å². The highest BCUT2D eigenvalue weighted by atomic mass is 35.5. The molecule has 4 aromatic rings. The van der Waals surface area contributed by atoms with Crippen LogP contribution >= 0.6 is 11.6 Å². The number of fused-ring (bicyclic) bond motifs is 1. The maximum Gasteiger partial charge on any atom is 0.232 e. The van der Waals surface area contributed by atoms with Gasteiger partial charge in [0.15, 0.2) is 5.82 Å². The zero-order valence-electron chi connectivity index (χ0n) is 17.3. The number of ketones is 1. The van der Waals surface area contributed by atoms with E-state index in [0.717, 1.165) is 12.1 Å². The molecular weight excluding hydrogens is 472 g/mol. The molecule has 0 fully saturated rings. The van der Waals surface area contributed by atoms with Crippen LogP contribution in [0.15, 0.2) is 54.9 Å². The van der Waals surface area contributed by atoms with E-state index < -0.39 is 38.7 Å². The van der Waals surface area contributed by atoms with Crippen molar-refractivity contribution in [3.05, 3.63) is 82.6 Å². The highest BCUT2D eigenvalue weighted by Gasteiger charge is 2.26. The minimum atomic E-state index is -3.84. The zero-order valence-corrected chi connectivity index (χ0v) is 18.9. The Bertz CT molecular complexity index is 1490. The number of aromatic nitrogens is 2. The van der Waals surface area contributed by atoms with Crippen LogP contribution in [0, 0.1) is 11.6 Å². The van der Waals surface area contributed by atoms with Crippen LogP contribution in [0.3, 0.4) is 0 Å². The van der Waals surface area contributed by atoms with Crippen LogP contribution in [0.4, 0.5) is 14.5 Å². The smallest absolute Gasteiger partial charge is 0.232 e. The Morgan fingerprint density at radius 3 is 2.67 bits per heavy atom. The molecule has 0 atom stereocenters. The summed E-state index contributed by atoms with van der Waals surface area (Å²) >= 11 is 6.26. The summed E-state index contributed by atoms with van der Waals surface area (Å²) in [6, 6.07) is 10.5. The van der Waals surface area contributed by atoms with Crippen molar-refractivity contribution < 1.29 is 22.0 Å². The van der Waals surface area contributed by atoms with E-state index in [0.29, 0.717) is 33.6 Å². The Hall–Kier alpha value is -3.30. The first-order chi connectivity index (χ1) is 15.7. The van der Waals surface area contributed by atoms with Gasteiger partial charge < -0.3 is 4.98 Å². The second-order valence-electron chi connectivity index (χ2n) is 7.34. The second-order valence-corrected chi connectivity index (χ2v) is 9.59. The van der Waals surface area contributed by atoms with Gasteiger partial charge in [-0.3, -0.25) is 9.52 Å². The van der Waals surface area contributed by atoms with Crippen LogP contribution in [0.1, 0.15) is 29.3 Å². The minimum Gasteiger partial charge on any atom is -0.345 e. The lowest BCUT2D eigenvalue weighted by Gasteiger charge is -2.11. The lowest BCUT2D eigenvalue weighted by Crippen LogP contribution is -2.18. The van der Waals surface area contributed by atoms with Crippen molar-refractivity contribution in [1.29, 1.82) is 0 Å².